The molecular weight excluding hydrogens is 312 g/mol. The van der Waals surface area contributed by atoms with Gasteiger partial charge in [0.1, 0.15) is 0 Å². The van der Waals surface area contributed by atoms with Crippen LogP contribution in [0.25, 0.3) is 0 Å². The summed E-state index contributed by atoms with van der Waals surface area (Å²) in [4.78, 5) is 11.6. The average Bonchev–Trinajstić information content (AvgIpc) is 2.95. The molecule has 0 aromatic heterocycles. The third-order valence-corrected chi connectivity index (χ3v) is 11.3. The number of hydrogen-bond acceptors (Lipinski definition) is 2. The van der Waals surface area contributed by atoms with Crippen molar-refractivity contribution >= 4 is 14.1 Å². The molecule has 1 saturated carbocycles. The normalized spacial score (nSPS) is 46.1. The van der Waals surface area contributed by atoms with Gasteiger partial charge in [0, 0.05) is 13.0 Å². The molecule has 0 N–H and O–H groups in total. The SMILES string of the molecule is C[C@@H]1CO[Si](C)(C)[C@@H]2[C@@H](CCC3=CC(=O)CC3)[C@@]3(C)C=C[C@@]12CC3. The summed E-state index contributed by atoms with van der Waals surface area (Å²) in [6.07, 6.45) is 13.9. The smallest absolute Gasteiger partial charge is 0.190 e. The monoisotopic (exact) mass is 344 g/mol. The molecule has 4 aliphatic carbocycles. The van der Waals surface area contributed by atoms with Crippen LogP contribution in [0.1, 0.15) is 52.4 Å². The highest BCUT2D eigenvalue weighted by Gasteiger charge is 2.64. The number of hydrogen-bond donors (Lipinski definition) is 0. The van der Waals surface area contributed by atoms with Crippen molar-refractivity contribution in [2.24, 2.45) is 22.7 Å². The van der Waals surface area contributed by atoms with E-state index < -0.39 is 8.32 Å². The first-order chi connectivity index (χ1) is 11.3. The second kappa shape index (κ2) is 5.41. The molecule has 0 aromatic carbocycles. The summed E-state index contributed by atoms with van der Waals surface area (Å²) in [6.45, 7) is 10.7. The van der Waals surface area contributed by atoms with Gasteiger partial charge in [0.2, 0.25) is 0 Å². The van der Waals surface area contributed by atoms with Crippen LogP contribution in [-0.4, -0.2) is 20.7 Å². The van der Waals surface area contributed by atoms with E-state index in [9.17, 15) is 4.79 Å². The van der Waals surface area contributed by atoms with E-state index in [0.29, 0.717) is 22.5 Å². The Morgan fingerprint density at radius 3 is 2.67 bits per heavy atom. The van der Waals surface area contributed by atoms with Gasteiger partial charge in [0.25, 0.3) is 0 Å². The van der Waals surface area contributed by atoms with E-state index in [1.165, 1.54) is 24.8 Å². The summed E-state index contributed by atoms with van der Waals surface area (Å²) in [7, 11) is -1.70. The maximum Gasteiger partial charge on any atom is 0.190 e. The fourth-order valence-electron chi connectivity index (χ4n) is 6.45. The summed E-state index contributed by atoms with van der Waals surface area (Å²) in [5.41, 5.74) is 2.85. The molecule has 2 bridgehead atoms. The first-order valence-electron chi connectivity index (χ1n) is 9.83. The molecule has 132 valence electrons. The van der Waals surface area contributed by atoms with Gasteiger partial charge in [-0.25, -0.2) is 0 Å². The van der Waals surface area contributed by atoms with Crippen molar-refractivity contribution in [3.8, 4) is 0 Å². The van der Waals surface area contributed by atoms with Crippen LogP contribution in [0, 0.1) is 22.7 Å². The molecule has 2 nitrogen and oxygen atoms in total. The van der Waals surface area contributed by atoms with Gasteiger partial charge in [-0.3, -0.25) is 4.79 Å². The number of ketones is 1. The van der Waals surface area contributed by atoms with Crippen LogP contribution in [-0.2, 0) is 9.22 Å². The first-order valence-corrected chi connectivity index (χ1v) is 12.8. The maximum absolute atomic E-state index is 11.6. The minimum absolute atomic E-state index is 0.334. The second-order valence-electron chi connectivity index (χ2n) is 9.66. The Morgan fingerprint density at radius 2 is 2.04 bits per heavy atom. The zero-order chi connectivity index (χ0) is 17.2. The topological polar surface area (TPSA) is 26.3 Å². The van der Waals surface area contributed by atoms with Crippen molar-refractivity contribution in [2.45, 2.75) is 71.0 Å². The van der Waals surface area contributed by atoms with Crippen LogP contribution in [0.5, 0.6) is 0 Å². The summed E-state index contributed by atoms with van der Waals surface area (Å²) < 4.78 is 6.49. The standard InChI is InChI=1S/C21H32O2Si/c1-15-14-23-24(3,4)19-18(8-6-16-5-7-17(22)13-16)20(2)9-11-21(15,19)12-10-20/h9,11,13,15,18-19H,5-8,10,12,14H2,1-4H3/t15-,18-,19-,20+,21-/m1/s1. The lowest BCUT2D eigenvalue weighted by Gasteiger charge is -2.66. The number of carbonyl (C=O) groups excluding carboxylic acids is 1. The Labute approximate surface area is 147 Å². The zero-order valence-electron chi connectivity index (χ0n) is 15.7. The Morgan fingerprint density at radius 1 is 1.25 bits per heavy atom. The van der Waals surface area contributed by atoms with Crippen LogP contribution in [0.4, 0.5) is 0 Å². The van der Waals surface area contributed by atoms with Crippen molar-refractivity contribution < 1.29 is 9.22 Å². The van der Waals surface area contributed by atoms with Crippen LogP contribution < -0.4 is 0 Å². The van der Waals surface area contributed by atoms with Gasteiger partial charge in [0.15, 0.2) is 14.1 Å². The van der Waals surface area contributed by atoms with Crippen molar-refractivity contribution in [3.63, 3.8) is 0 Å². The van der Waals surface area contributed by atoms with E-state index in [-0.39, 0.29) is 0 Å². The summed E-state index contributed by atoms with van der Waals surface area (Å²) in [6, 6.07) is 0. The third kappa shape index (κ3) is 2.34. The zero-order valence-corrected chi connectivity index (χ0v) is 16.7. The fourth-order valence-corrected chi connectivity index (χ4v) is 10.6. The molecule has 2 fully saturated rings. The van der Waals surface area contributed by atoms with Gasteiger partial charge in [-0.1, -0.05) is 31.6 Å². The average molecular weight is 345 g/mol. The molecule has 3 heteroatoms. The largest absolute Gasteiger partial charge is 0.417 e. The van der Waals surface area contributed by atoms with Gasteiger partial charge in [-0.2, -0.15) is 0 Å². The first kappa shape index (κ1) is 16.8. The van der Waals surface area contributed by atoms with E-state index in [4.69, 9.17) is 4.43 Å². The van der Waals surface area contributed by atoms with Gasteiger partial charge in [-0.05, 0) is 79.5 Å². The summed E-state index contributed by atoms with van der Waals surface area (Å²) >= 11 is 0. The Kier molecular flexibility index (Phi) is 3.78. The lowest BCUT2D eigenvalue weighted by atomic mass is 9.49. The van der Waals surface area contributed by atoms with Crippen molar-refractivity contribution in [1.82, 2.24) is 0 Å². The van der Waals surface area contributed by atoms with Crippen LogP contribution >= 0.6 is 0 Å². The van der Waals surface area contributed by atoms with Gasteiger partial charge in [-0.15, -0.1) is 0 Å². The molecule has 1 spiro atoms. The maximum atomic E-state index is 11.6. The van der Waals surface area contributed by atoms with E-state index in [0.717, 1.165) is 37.3 Å². The van der Waals surface area contributed by atoms with E-state index in [1.54, 1.807) is 0 Å². The number of fused-ring (bicyclic) bond motifs is 1. The summed E-state index contributed by atoms with van der Waals surface area (Å²) in [5, 5.41) is 0. The molecule has 24 heavy (non-hydrogen) atoms. The molecule has 5 rings (SSSR count). The third-order valence-electron chi connectivity index (χ3n) is 7.91. The Hall–Kier alpha value is -0.673. The Balaban J connectivity index is 1.66. The van der Waals surface area contributed by atoms with Gasteiger partial charge in [0.05, 0.1) is 0 Å². The number of carbonyl (C=O) groups is 1. The van der Waals surface area contributed by atoms with Gasteiger partial charge < -0.3 is 4.43 Å². The lowest BCUT2D eigenvalue weighted by molar-refractivity contribution is -0.114. The molecule has 0 radical (unpaired) electrons. The van der Waals surface area contributed by atoms with Crippen molar-refractivity contribution in [3.05, 3.63) is 23.8 Å². The number of allylic oxidation sites excluding steroid dienone is 4. The molecule has 1 heterocycles. The highest BCUT2D eigenvalue weighted by molar-refractivity contribution is 6.73. The summed E-state index contributed by atoms with van der Waals surface area (Å²) in [5.74, 6) is 1.69. The van der Waals surface area contributed by atoms with Gasteiger partial charge >= 0.3 is 0 Å². The van der Waals surface area contributed by atoms with E-state index in [1.807, 2.05) is 6.08 Å². The van der Waals surface area contributed by atoms with Crippen LogP contribution in [0.3, 0.4) is 0 Å². The molecular formula is C21H32O2Si. The molecule has 0 amide bonds. The number of rotatable bonds is 3. The predicted molar refractivity (Wildman–Crippen MR) is 100 cm³/mol. The lowest BCUT2D eigenvalue weighted by Crippen LogP contribution is -2.63. The predicted octanol–water partition coefficient (Wildman–Crippen LogP) is 5.27. The van der Waals surface area contributed by atoms with Crippen LogP contribution in [0.15, 0.2) is 23.8 Å². The molecule has 0 aromatic rings. The second-order valence-corrected chi connectivity index (χ2v) is 13.8. The molecule has 0 unspecified atom stereocenters. The van der Waals surface area contributed by atoms with Crippen LogP contribution in [0.2, 0.25) is 18.6 Å². The minimum Gasteiger partial charge on any atom is -0.417 e. The molecule has 1 saturated heterocycles. The molecule has 1 aliphatic heterocycles. The minimum atomic E-state index is -1.70. The highest BCUT2D eigenvalue weighted by Crippen LogP contribution is 2.69. The van der Waals surface area contributed by atoms with E-state index in [2.05, 4.69) is 39.1 Å². The Bertz CT molecular complexity index is 619. The quantitative estimate of drug-likeness (QED) is 0.515. The van der Waals surface area contributed by atoms with E-state index >= 15 is 0 Å². The van der Waals surface area contributed by atoms with Crippen molar-refractivity contribution in [2.75, 3.05) is 6.61 Å². The fraction of sp³-hybridized carbons (Fsp3) is 0.762. The molecule has 5 aliphatic rings. The van der Waals surface area contributed by atoms with Crippen molar-refractivity contribution in [1.29, 1.82) is 0 Å². The molecule has 5 atom stereocenters. The highest BCUT2D eigenvalue weighted by atomic mass is 28.4.